The molecule has 0 bridgehead atoms. The SMILES string of the molecule is COC(=O)C(C)CN(C)C(=O)c1ccc2[nH]ncc2c1. The van der Waals surface area contributed by atoms with E-state index in [0.717, 1.165) is 10.9 Å². The second-order valence-corrected chi connectivity index (χ2v) is 4.78. The Morgan fingerprint density at radius 2 is 2.20 bits per heavy atom. The smallest absolute Gasteiger partial charge is 0.310 e. The quantitative estimate of drug-likeness (QED) is 0.857. The van der Waals surface area contributed by atoms with E-state index in [4.69, 9.17) is 0 Å². The molecule has 1 heterocycles. The lowest BCUT2D eigenvalue weighted by Gasteiger charge is -2.20. The van der Waals surface area contributed by atoms with Crippen LogP contribution in [0.5, 0.6) is 0 Å². The summed E-state index contributed by atoms with van der Waals surface area (Å²) in [6.07, 6.45) is 1.67. The van der Waals surface area contributed by atoms with Crippen molar-refractivity contribution in [3.63, 3.8) is 0 Å². The molecule has 1 N–H and O–H groups in total. The molecule has 1 amide bonds. The monoisotopic (exact) mass is 275 g/mol. The van der Waals surface area contributed by atoms with E-state index >= 15 is 0 Å². The van der Waals surface area contributed by atoms with Crippen molar-refractivity contribution in [2.75, 3.05) is 20.7 Å². The molecule has 20 heavy (non-hydrogen) atoms. The Bertz CT molecular complexity index is 635. The first-order chi connectivity index (χ1) is 9.52. The van der Waals surface area contributed by atoms with E-state index in [1.54, 1.807) is 32.3 Å². The molecule has 1 unspecified atom stereocenters. The number of benzene rings is 1. The fraction of sp³-hybridized carbons (Fsp3) is 0.357. The zero-order valence-corrected chi connectivity index (χ0v) is 11.7. The molecule has 2 aromatic rings. The predicted molar refractivity (Wildman–Crippen MR) is 74.2 cm³/mol. The molecule has 0 saturated carbocycles. The molecule has 0 saturated heterocycles. The van der Waals surface area contributed by atoms with Crippen LogP contribution in [0.15, 0.2) is 24.4 Å². The Balaban J connectivity index is 2.11. The van der Waals surface area contributed by atoms with Crippen molar-refractivity contribution < 1.29 is 14.3 Å². The van der Waals surface area contributed by atoms with Crippen molar-refractivity contribution >= 4 is 22.8 Å². The number of H-pyrrole nitrogens is 1. The number of aromatic amines is 1. The lowest BCUT2D eigenvalue weighted by molar-refractivity contribution is -0.145. The summed E-state index contributed by atoms with van der Waals surface area (Å²) in [4.78, 5) is 25.2. The van der Waals surface area contributed by atoms with Gasteiger partial charge in [0.15, 0.2) is 0 Å². The van der Waals surface area contributed by atoms with E-state index in [9.17, 15) is 9.59 Å². The number of ether oxygens (including phenoxy) is 1. The first-order valence-corrected chi connectivity index (χ1v) is 6.29. The lowest BCUT2D eigenvalue weighted by atomic mass is 10.1. The van der Waals surface area contributed by atoms with E-state index in [0.29, 0.717) is 12.1 Å². The Morgan fingerprint density at radius 3 is 2.90 bits per heavy atom. The van der Waals surface area contributed by atoms with E-state index in [1.807, 2.05) is 6.07 Å². The zero-order chi connectivity index (χ0) is 14.7. The zero-order valence-electron chi connectivity index (χ0n) is 11.7. The van der Waals surface area contributed by atoms with Crippen LogP contribution in [0.1, 0.15) is 17.3 Å². The molecule has 0 spiro atoms. The van der Waals surface area contributed by atoms with Gasteiger partial charge in [-0.15, -0.1) is 0 Å². The van der Waals surface area contributed by atoms with Gasteiger partial charge in [-0.1, -0.05) is 6.92 Å². The minimum Gasteiger partial charge on any atom is -0.469 e. The highest BCUT2D eigenvalue weighted by Gasteiger charge is 2.19. The molecule has 1 atom stereocenters. The van der Waals surface area contributed by atoms with Crippen LogP contribution in [0, 0.1) is 5.92 Å². The number of carbonyl (C=O) groups is 2. The Labute approximate surface area is 116 Å². The van der Waals surface area contributed by atoms with Gasteiger partial charge in [-0.3, -0.25) is 14.7 Å². The molecular formula is C14H17N3O3. The Morgan fingerprint density at radius 1 is 1.45 bits per heavy atom. The number of nitrogens with one attached hydrogen (secondary N) is 1. The van der Waals surface area contributed by atoms with Crippen LogP contribution in [-0.2, 0) is 9.53 Å². The van der Waals surface area contributed by atoms with Gasteiger partial charge in [0.25, 0.3) is 5.91 Å². The van der Waals surface area contributed by atoms with E-state index in [1.165, 1.54) is 12.0 Å². The van der Waals surface area contributed by atoms with Crippen LogP contribution in [0.2, 0.25) is 0 Å². The molecule has 0 radical (unpaired) electrons. The summed E-state index contributed by atoms with van der Waals surface area (Å²) in [5.74, 6) is -0.814. The van der Waals surface area contributed by atoms with E-state index < -0.39 is 0 Å². The molecule has 0 aliphatic heterocycles. The second kappa shape index (κ2) is 5.73. The summed E-state index contributed by atoms with van der Waals surface area (Å²) in [6.45, 7) is 2.05. The molecule has 6 nitrogen and oxygen atoms in total. The minimum absolute atomic E-state index is 0.135. The molecular weight excluding hydrogens is 258 g/mol. The van der Waals surface area contributed by atoms with Crippen LogP contribution in [0.3, 0.4) is 0 Å². The maximum Gasteiger partial charge on any atom is 0.310 e. The van der Waals surface area contributed by atoms with Crippen LogP contribution < -0.4 is 0 Å². The van der Waals surface area contributed by atoms with Crippen molar-refractivity contribution in [1.29, 1.82) is 0 Å². The van der Waals surface area contributed by atoms with Crippen molar-refractivity contribution in [2.45, 2.75) is 6.92 Å². The molecule has 1 aromatic heterocycles. The number of aromatic nitrogens is 2. The summed E-state index contributed by atoms with van der Waals surface area (Å²) in [5, 5.41) is 7.63. The Hall–Kier alpha value is -2.37. The number of hydrogen-bond acceptors (Lipinski definition) is 4. The maximum atomic E-state index is 12.3. The van der Waals surface area contributed by atoms with Crippen molar-refractivity contribution in [1.82, 2.24) is 15.1 Å². The number of carbonyl (C=O) groups excluding carboxylic acids is 2. The maximum absolute atomic E-state index is 12.3. The van der Waals surface area contributed by atoms with Gasteiger partial charge >= 0.3 is 5.97 Å². The summed E-state index contributed by atoms with van der Waals surface area (Å²) in [7, 11) is 3.01. The fourth-order valence-electron chi connectivity index (χ4n) is 2.07. The van der Waals surface area contributed by atoms with E-state index in [2.05, 4.69) is 14.9 Å². The number of methoxy groups -OCH3 is 1. The van der Waals surface area contributed by atoms with Crippen LogP contribution in [-0.4, -0.2) is 47.7 Å². The molecule has 0 fully saturated rings. The van der Waals surface area contributed by atoms with Gasteiger partial charge in [0.1, 0.15) is 0 Å². The van der Waals surface area contributed by atoms with Crippen molar-refractivity contribution in [3.8, 4) is 0 Å². The normalized spacial score (nSPS) is 12.2. The fourth-order valence-corrected chi connectivity index (χ4v) is 2.07. The minimum atomic E-state index is -0.355. The van der Waals surface area contributed by atoms with Crippen molar-refractivity contribution in [3.05, 3.63) is 30.0 Å². The average Bonchev–Trinajstić information content (AvgIpc) is 2.92. The highest BCUT2D eigenvalue weighted by molar-refractivity contribution is 5.97. The van der Waals surface area contributed by atoms with Crippen LogP contribution in [0.25, 0.3) is 10.9 Å². The highest BCUT2D eigenvalue weighted by atomic mass is 16.5. The molecule has 6 heteroatoms. The van der Waals surface area contributed by atoms with Gasteiger partial charge in [-0.25, -0.2) is 0 Å². The summed E-state index contributed by atoms with van der Waals surface area (Å²) >= 11 is 0. The van der Waals surface area contributed by atoms with Gasteiger partial charge in [0.2, 0.25) is 0 Å². The number of amides is 1. The largest absolute Gasteiger partial charge is 0.469 e. The average molecular weight is 275 g/mol. The molecule has 0 aliphatic rings. The molecule has 0 aliphatic carbocycles. The molecule has 1 aromatic carbocycles. The first-order valence-electron chi connectivity index (χ1n) is 6.29. The number of hydrogen-bond donors (Lipinski definition) is 1. The number of nitrogens with zero attached hydrogens (tertiary/aromatic N) is 2. The number of rotatable bonds is 4. The second-order valence-electron chi connectivity index (χ2n) is 4.78. The summed E-state index contributed by atoms with van der Waals surface area (Å²) in [6, 6.07) is 5.33. The number of fused-ring (bicyclic) bond motifs is 1. The van der Waals surface area contributed by atoms with E-state index in [-0.39, 0.29) is 17.8 Å². The standard InChI is InChI=1S/C14H17N3O3/c1-9(14(19)20-3)8-17(2)13(18)10-4-5-12-11(6-10)7-15-16-12/h4-7,9H,8H2,1-3H3,(H,15,16). The summed E-state index contributed by atoms with van der Waals surface area (Å²) < 4.78 is 4.66. The van der Waals surface area contributed by atoms with Gasteiger partial charge in [-0.2, -0.15) is 5.10 Å². The Kier molecular flexibility index (Phi) is 4.02. The third-order valence-electron chi connectivity index (χ3n) is 3.19. The van der Waals surface area contributed by atoms with Crippen LogP contribution >= 0.6 is 0 Å². The third-order valence-corrected chi connectivity index (χ3v) is 3.19. The number of esters is 1. The van der Waals surface area contributed by atoms with Gasteiger partial charge in [0, 0.05) is 24.5 Å². The van der Waals surface area contributed by atoms with Gasteiger partial charge in [-0.05, 0) is 18.2 Å². The predicted octanol–water partition coefficient (Wildman–Crippen LogP) is 1.44. The van der Waals surface area contributed by atoms with Crippen molar-refractivity contribution in [2.24, 2.45) is 5.92 Å². The highest BCUT2D eigenvalue weighted by Crippen LogP contribution is 2.14. The third kappa shape index (κ3) is 2.79. The lowest BCUT2D eigenvalue weighted by Crippen LogP contribution is -2.34. The van der Waals surface area contributed by atoms with Gasteiger partial charge < -0.3 is 9.64 Å². The van der Waals surface area contributed by atoms with Crippen LogP contribution in [0.4, 0.5) is 0 Å². The first kappa shape index (κ1) is 14.0. The van der Waals surface area contributed by atoms with Gasteiger partial charge in [0.05, 0.1) is 24.7 Å². The summed E-state index contributed by atoms with van der Waals surface area (Å²) in [5.41, 5.74) is 1.45. The molecule has 106 valence electrons. The topological polar surface area (TPSA) is 75.3 Å². The molecule has 2 rings (SSSR count).